The van der Waals surface area contributed by atoms with Crippen molar-refractivity contribution in [3.8, 4) is 0 Å². The van der Waals surface area contributed by atoms with Gasteiger partial charge in [0.15, 0.2) is 0 Å². The lowest BCUT2D eigenvalue weighted by Gasteiger charge is -2.31. The van der Waals surface area contributed by atoms with Crippen LogP contribution < -0.4 is 0 Å². The Balaban J connectivity index is 2.49. The van der Waals surface area contributed by atoms with Crippen LogP contribution in [0.15, 0.2) is 11.5 Å². The quantitative estimate of drug-likeness (QED) is 0.719. The van der Waals surface area contributed by atoms with Crippen LogP contribution in [0.25, 0.3) is 0 Å². The van der Waals surface area contributed by atoms with Gasteiger partial charge in [-0.3, -0.25) is 0 Å². The van der Waals surface area contributed by atoms with Crippen molar-refractivity contribution in [1.82, 2.24) is 4.90 Å². The van der Waals surface area contributed by atoms with E-state index in [1.807, 2.05) is 0 Å². The van der Waals surface area contributed by atoms with Crippen LogP contribution in [0.4, 0.5) is 0 Å². The maximum Gasteiger partial charge on any atom is 0.256 e. The summed E-state index contributed by atoms with van der Waals surface area (Å²) in [6, 6.07) is 0. The molecule has 1 aliphatic heterocycles. The molecule has 1 rings (SSSR count). The molecular weight excluding hydrogens is 234 g/mol. The smallest absolute Gasteiger partial charge is 0.256 e. The molecule has 0 amide bonds. The number of rotatable bonds is 4. The summed E-state index contributed by atoms with van der Waals surface area (Å²) in [5.41, 5.74) is 0. The lowest BCUT2D eigenvalue weighted by Crippen LogP contribution is -2.35. The van der Waals surface area contributed by atoms with Crippen LogP contribution in [-0.4, -0.2) is 33.0 Å². The van der Waals surface area contributed by atoms with Crippen molar-refractivity contribution in [2.75, 3.05) is 19.6 Å². The Morgan fingerprint density at radius 2 is 2.27 bits per heavy atom. The predicted molar refractivity (Wildman–Crippen MR) is 63.4 cm³/mol. The standard InChI is InChI=1S/C10H18ClNO2S/c1-3-12-6-4-5-10(8-12)7-9(2)15(11,13)14/h10H,2-8H2,1H3. The van der Waals surface area contributed by atoms with Crippen molar-refractivity contribution in [2.24, 2.45) is 5.92 Å². The molecule has 1 aliphatic rings. The van der Waals surface area contributed by atoms with E-state index in [2.05, 4.69) is 18.4 Å². The number of hydrogen-bond acceptors (Lipinski definition) is 3. The molecule has 0 aromatic carbocycles. The van der Waals surface area contributed by atoms with Gasteiger partial charge in [0.2, 0.25) is 0 Å². The van der Waals surface area contributed by atoms with E-state index >= 15 is 0 Å². The molecule has 1 atom stereocenters. The van der Waals surface area contributed by atoms with Gasteiger partial charge in [-0.1, -0.05) is 13.5 Å². The van der Waals surface area contributed by atoms with E-state index in [9.17, 15) is 8.42 Å². The summed E-state index contributed by atoms with van der Waals surface area (Å²) in [7, 11) is 1.67. The molecule has 1 fully saturated rings. The average molecular weight is 252 g/mol. The zero-order valence-corrected chi connectivity index (χ0v) is 10.6. The summed E-state index contributed by atoms with van der Waals surface area (Å²) in [5.74, 6) is 0.389. The maximum atomic E-state index is 11.0. The third kappa shape index (κ3) is 4.13. The van der Waals surface area contributed by atoms with Crippen LogP contribution in [0.2, 0.25) is 0 Å². The molecule has 0 aliphatic carbocycles. The monoisotopic (exact) mass is 251 g/mol. The zero-order valence-electron chi connectivity index (χ0n) is 9.08. The third-order valence-corrected chi connectivity index (χ3v) is 4.42. The van der Waals surface area contributed by atoms with Crippen molar-refractivity contribution in [3.05, 3.63) is 11.5 Å². The Morgan fingerprint density at radius 3 is 2.80 bits per heavy atom. The highest BCUT2D eigenvalue weighted by Gasteiger charge is 2.22. The molecule has 0 N–H and O–H groups in total. The highest BCUT2D eigenvalue weighted by Crippen LogP contribution is 2.25. The average Bonchev–Trinajstić information content (AvgIpc) is 2.16. The van der Waals surface area contributed by atoms with E-state index in [4.69, 9.17) is 10.7 Å². The van der Waals surface area contributed by atoms with E-state index in [1.165, 1.54) is 0 Å². The maximum absolute atomic E-state index is 11.0. The van der Waals surface area contributed by atoms with Gasteiger partial charge in [-0.2, -0.15) is 0 Å². The molecule has 0 radical (unpaired) electrons. The molecule has 15 heavy (non-hydrogen) atoms. The fourth-order valence-corrected chi connectivity index (χ4v) is 2.65. The highest BCUT2D eigenvalue weighted by molar-refractivity contribution is 8.16. The minimum Gasteiger partial charge on any atom is -0.303 e. The summed E-state index contributed by atoms with van der Waals surface area (Å²) in [6.07, 6.45) is 2.71. The molecule has 0 spiro atoms. The minimum atomic E-state index is -3.57. The van der Waals surface area contributed by atoms with Gasteiger partial charge in [0.05, 0.1) is 4.91 Å². The number of hydrogen-bond donors (Lipinski definition) is 0. The van der Waals surface area contributed by atoms with Gasteiger partial charge in [-0.15, -0.1) is 0 Å². The fourth-order valence-electron chi connectivity index (χ4n) is 2.03. The van der Waals surface area contributed by atoms with Crippen LogP contribution in [0, 0.1) is 5.92 Å². The Kier molecular flexibility index (Phi) is 4.62. The van der Waals surface area contributed by atoms with Gasteiger partial charge in [0.25, 0.3) is 9.05 Å². The van der Waals surface area contributed by atoms with Gasteiger partial charge in [0.1, 0.15) is 0 Å². The van der Waals surface area contributed by atoms with Crippen LogP contribution in [0.5, 0.6) is 0 Å². The van der Waals surface area contributed by atoms with Crippen molar-refractivity contribution >= 4 is 19.7 Å². The fraction of sp³-hybridized carbons (Fsp3) is 0.800. The molecular formula is C10H18ClNO2S. The highest BCUT2D eigenvalue weighted by atomic mass is 35.7. The Morgan fingerprint density at radius 1 is 1.60 bits per heavy atom. The van der Waals surface area contributed by atoms with E-state index in [-0.39, 0.29) is 4.91 Å². The van der Waals surface area contributed by atoms with Crippen molar-refractivity contribution < 1.29 is 8.42 Å². The number of likely N-dealkylation sites (tertiary alicyclic amines) is 1. The summed E-state index contributed by atoms with van der Waals surface area (Å²) in [5, 5.41) is 0. The molecule has 88 valence electrons. The Hall–Kier alpha value is -0.0600. The lowest BCUT2D eigenvalue weighted by molar-refractivity contribution is 0.183. The molecule has 1 unspecified atom stereocenters. The summed E-state index contributed by atoms with van der Waals surface area (Å²) >= 11 is 0. The zero-order chi connectivity index (χ0) is 11.5. The van der Waals surface area contributed by atoms with E-state index in [1.54, 1.807) is 0 Å². The molecule has 5 heteroatoms. The molecule has 1 saturated heterocycles. The van der Waals surface area contributed by atoms with Crippen LogP contribution in [-0.2, 0) is 9.05 Å². The second-order valence-corrected chi connectivity index (χ2v) is 6.75. The van der Waals surface area contributed by atoms with E-state index in [0.29, 0.717) is 12.3 Å². The number of halogens is 1. The van der Waals surface area contributed by atoms with E-state index in [0.717, 1.165) is 32.5 Å². The van der Waals surface area contributed by atoms with Gasteiger partial charge in [0, 0.05) is 17.2 Å². The number of nitrogens with zero attached hydrogens (tertiary/aromatic N) is 1. The van der Waals surface area contributed by atoms with Gasteiger partial charge in [-0.25, -0.2) is 8.42 Å². The minimum absolute atomic E-state index is 0.159. The van der Waals surface area contributed by atoms with Crippen molar-refractivity contribution in [1.29, 1.82) is 0 Å². The summed E-state index contributed by atoms with van der Waals surface area (Å²) in [6.45, 7) is 8.76. The Labute approximate surface area is 96.5 Å². The first kappa shape index (κ1) is 13.0. The van der Waals surface area contributed by atoms with Gasteiger partial charge >= 0.3 is 0 Å². The van der Waals surface area contributed by atoms with Gasteiger partial charge in [-0.05, 0) is 38.3 Å². The first-order chi connectivity index (χ1) is 6.93. The number of piperidine rings is 1. The second-order valence-electron chi connectivity index (χ2n) is 4.08. The largest absolute Gasteiger partial charge is 0.303 e. The SMILES string of the molecule is C=C(CC1CCCN(CC)C1)S(=O)(=O)Cl. The third-order valence-electron chi connectivity index (χ3n) is 2.91. The second kappa shape index (κ2) is 5.32. The molecule has 0 saturated carbocycles. The van der Waals surface area contributed by atoms with Crippen molar-refractivity contribution in [2.45, 2.75) is 26.2 Å². The predicted octanol–water partition coefficient (Wildman–Crippen LogP) is 2.19. The van der Waals surface area contributed by atoms with E-state index < -0.39 is 9.05 Å². The first-order valence-electron chi connectivity index (χ1n) is 5.28. The molecule has 3 nitrogen and oxygen atoms in total. The summed E-state index contributed by atoms with van der Waals surface area (Å²) < 4.78 is 22.0. The summed E-state index contributed by atoms with van der Waals surface area (Å²) in [4.78, 5) is 2.49. The lowest BCUT2D eigenvalue weighted by atomic mass is 9.95. The normalized spacial score (nSPS) is 24.0. The Bertz CT molecular complexity index is 326. The van der Waals surface area contributed by atoms with Crippen molar-refractivity contribution in [3.63, 3.8) is 0 Å². The first-order valence-corrected chi connectivity index (χ1v) is 7.59. The molecule has 1 heterocycles. The van der Waals surface area contributed by atoms with Crippen LogP contribution in [0.1, 0.15) is 26.2 Å². The van der Waals surface area contributed by atoms with Crippen LogP contribution >= 0.6 is 10.7 Å². The van der Waals surface area contributed by atoms with Crippen LogP contribution in [0.3, 0.4) is 0 Å². The molecule has 0 aromatic heterocycles. The molecule has 0 bridgehead atoms. The molecule has 0 aromatic rings. The topological polar surface area (TPSA) is 37.4 Å². The van der Waals surface area contributed by atoms with Gasteiger partial charge < -0.3 is 4.90 Å². The number of allylic oxidation sites excluding steroid dienone is 1.